The maximum Gasteiger partial charge on any atom is 0.407 e. The third-order valence-electron chi connectivity index (χ3n) is 2.05. The van der Waals surface area contributed by atoms with E-state index in [9.17, 15) is 4.79 Å². The van der Waals surface area contributed by atoms with E-state index >= 15 is 0 Å². The smallest absolute Gasteiger partial charge is 0.407 e. The number of nitrogens with one attached hydrogen (secondary N) is 1. The summed E-state index contributed by atoms with van der Waals surface area (Å²) in [5.74, 6) is 0. The minimum atomic E-state index is -0.467. The molecule has 0 aromatic heterocycles. The van der Waals surface area contributed by atoms with Gasteiger partial charge in [0.25, 0.3) is 0 Å². The molecule has 108 valence electrons. The van der Waals surface area contributed by atoms with E-state index < -0.39 is 11.7 Å². The fraction of sp³-hybridized carbons (Fsp3) is 0.923. The predicted octanol–water partition coefficient (Wildman–Crippen LogP) is 1.94. The molecule has 0 rings (SSSR count). The number of aliphatic hydroxyl groups is 1. The van der Waals surface area contributed by atoms with Crippen molar-refractivity contribution in [3.63, 3.8) is 0 Å². The second-order valence-electron chi connectivity index (χ2n) is 6.16. The molecule has 0 aliphatic carbocycles. The van der Waals surface area contributed by atoms with E-state index in [0.29, 0.717) is 19.8 Å². The molecule has 0 heterocycles. The van der Waals surface area contributed by atoms with Crippen molar-refractivity contribution < 1.29 is 19.4 Å². The van der Waals surface area contributed by atoms with Gasteiger partial charge < -0.3 is 19.9 Å². The first-order valence-corrected chi connectivity index (χ1v) is 6.32. The molecule has 2 N–H and O–H groups in total. The summed E-state index contributed by atoms with van der Waals surface area (Å²) in [6, 6.07) is 0. The van der Waals surface area contributed by atoms with Crippen LogP contribution < -0.4 is 5.32 Å². The van der Waals surface area contributed by atoms with Crippen LogP contribution in [0.2, 0.25) is 0 Å². The Morgan fingerprint density at radius 2 is 1.83 bits per heavy atom. The van der Waals surface area contributed by atoms with Crippen molar-refractivity contribution >= 4 is 6.09 Å². The minimum absolute atomic E-state index is 0.100. The van der Waals surface area contributed by atoms with E-state index in [2.05, 4.69) is 5.32 Å². The van der Waals surface area contributed by atoms with E-state index in [4.69, 9.17) is 14.6 Å². The Kier molecular flexibility index (Phi) is 7.25. The first kappa shape index (κ1) is 17.2. The lowest BCUT2D eigenvalue weighted by Crippen LogP contribution is -2.33. The fourth-order valence-corrected chi connectivity index (χ4v) is 1.07. The molecule has 0 spiro atoms. The number of aliphatic hydroxyl groups excluding tert-OH is 1. The van der Waals surface area contributed by atoms with Gasteiger partial charge in [0.15, 0.2) is 0 Å². The molecular weight excluding hydrogens is 234 g/mol. The number of carbonyl (C=O) groups excluding carboxylic acids is 1. The zero-order valence-corrected chi connectivity index (χ0v) is 12.2. The highest BCUT2D eigenvalue weighted by atomic mass is 16.6. The summed E-state index contributed by atoms with van der Waals surface area (Å²) < 4.78 is 10.5. The average Bonchev–Trinajstić information content (AvgIpc) is 2.20. The van der Waals surface area contributed by atoms with Gasteiger partial charge in [-0.3, -0.25) is 0 Å². The molecule has 1 amide bonds. The van der Waals surface area contributed by atoms with Crippen LogP contribution in [0.4, 0.5) is 4.79 Å². The van der Waals surface area contributed by atoms with Gasteiger partial charge in [0.1, 0.15) is 5.60 Å². The number of rotatable bonds is 7. The SMILES string of the molecule is CC(C)(CO)COCCCNC(=O)OC(C)(C)C. The standard InChI is InChI=1S/C13H27NO4/c1-12(2,3)18-11(16)14-7-6-8-17-10-13(4,5)9-15/h15H,6-10H2,1-5H3,(H,14,16). The maximum atomic E-state index is 11.3. The molecule has 0 saturated heterocycles. The molecule has 0 aromatic rings. The number of hydrogen-bond donors (Lipinski definition) is 2. The summed E-state index contributed by atoms with van der Waals surface area (Å²) in [6.45, 7) is 11.0. The van der Waals surface area contributed by atoms with Gasteiger partial charge in [-0.2, -0.15) is 0 Å². The molecule has 0 fully saturated rings. The van der Waals surface area contributed by atoms with Gasteiger partial charge in [-0.05, 0) is 27.2 Å². The summed E-state index contributed by atoms with van der Waals surface area (Å²) in [6.07, 6.45) is 0.319. The molecule has 0 aromatic carbocycles. The third-order valence-corrected chi connectivity index (χ3v) is 2.05. The van der Waals surface area contributed by atoms with E-state index in [1.54, 1.807) is 0 Å². The first-order chi connectivity index (χ1) is 8.16. The second-order valence-corrected chi connectivity index (χ2v) is 6.16. The van der Waals surface area contributed by atoms with Gasteiger partial charge in [-0.1, -0.05) is 13.8 Å². The van der Waals surface area contributed by atoms with Crippen LogP contribution in [0.15, 0.2) is 0 Å². The minimum Gasteiger partial charge on any atom is -0.444 e. The zero-order valence-electron chi connectivity index (χ0n) is 12.2. The maximum absolute atomic E-state index is 11.3. The van der Waals surface area contributed by atoms with Crippen LogP contribution in [0.25, 0.3) is 0 Å². The van der Waals surface area contributed by atoms with Gasteiger partial charge >= 0.3 is 6.09 Å². The predicted molar refractivity (Wildman–Crippen MR) is 70.5 cm³/mol. The largest absolute Gasteiger partial charge is 0.444 e. The van der Waals surface area contributed by atoms with E-state index in [1.165, 1.54) is 0 Å². The Bertz CT molecular complexity index is 246. The number of ether oxygens (including phenoxy) is 2. The summed E-state index contributed by atoms with van der Waals surface area (Å²) in [7, 11) is 0. The van der Waals surface area contributed by atoms with E-state index in [1.807, 2.05) is 34.6 Å². The Morgan fingerprint density at radius 1 is 1.22 bits per heavy atom. The summed E-state index contributed by atoms with van der Waals surface area (Å²) >= 11 is 0. The molecule has 0 bridgehead atoms. The van der Waals surface area contributed by atoms with Crippen LogP contribution in [0, 0.1) is 5.41 Å². The molecule has 0 aliphatic heterocycles. The second kappa shape index (κ2) is 7.59. The van der Waals surface area contributed by atoms with Crippen LogP contribution in [-0.2, 0) is 9.47 Å². The van der Waals surface area contributed by atoms with Gasteiger partial charge in [0.2, 0.25) is 0 Å². The molecule has 0 unspecified atom stereocenters. The van der Waals surface area contributed by atoms with Crippen molar-refractivity contribution in [3.8, 4) is 0 Å². The van der Waals surface area contributed by atoms with Crippen molar-refractivity contribution in [1.82, 2.24) is 5.32 Å². The zero-order chi connectivity index (χ0) is 14.2. The molecule has 0 atom stereocenters. The van der Waals surface area contributed by atoms with Crippen LogP contribution in [0.1, 0.15) is 41.0 Å². The van der Waals surface area contributed by atoms with Crippen molar-refractivity contribution in [1.29, 1.82) is 0 Å². The molecule has 5 nitrogen and oxygen atoms in total. The van der Waals surface area contributed by atoms with Crippen LogP contribution in [0.3, 0.4) is 0 Å². The van der Waals surface area contributed by atoms with Crippen molar-refractivity contribution in [3.05, 3.63) is 0 Å². The van der Waals surface area contributed by atoms with E-state index in [-0.39, 0.29) is 12.0 Å². The van der Waals surface area contributed by atoms with Gasteiger partial charge in [0.05, 0.1) is 13.2 Å². The summed E-state index contributed by atoms with van der Waals surface area (Å²) in [4.78, 5) is 11.3. The molecule has 5 heteroatoms. The summed E-state index contributed by atoms with van der Waals surface area (Å²) in [5, 5.41) is 11.7. The molecule has 0 aliphatic rings. The molecular formula is C13H27NO4. The van der Waals surface area contributed by atoms with Crippen LogP contribution in [0.5, 0.6) is 0 Å². The Labute approximate surface area is 110 Å². The quantitative estimate of drug-likeness (QED) is 0.687. The number of alkyl carbamates (subject to hydrolysis) is 1. The summed E-state index contributed by atoms with van der Waals surface area (Å²) in [5.41, 5.74) is -0.676. The normalized spacial score (nSPS) is 12.3. The lowest BCUT2D eigenvalue weighted by Gasteiger charge is -2.21. The van der Waals surface area contributed by atoms with Gasteiger partial charge in [0, 0.05) is 18.6 Å². The number of amides is 1. The average molecular weight is 261 g/mol. The van der Waals surface area contributed by atoms with Crippen molar-refractivity contribution in [2.24, 2.45) is 5.41 Å². The Hall–Kier alpha value is -0.810. The van der Waals surface area contributed by atoms with Crippen molar-refractivity contribution in [2.45, 2.75) is 46.6 Å². The molecule has 0 saturated carbocycles. The Balaban J connectivity index is 3.49. The monoisotopic (exact) mass is 261 g/mol. The first-order valence-electron chi connectivity index (χ1n) is 6.32. The number of hydrogen-bond acceptors (Lipinski definition) is 4. The molecule has 18 heavy (non-hydrogen) atoms. The van der Waals surface area contributed by atoms with Crippen molar-refractivity contribution in [2.75, 3.05) is 26.4 Å². The fourth-order valence-electron chi connectivity index (χ4n) is 1.07. The number of carbonyl (C=O) groups is 1. The highest BCUT2D eigenvalue weighted by Crippen LogP contribution is 2.13. The van der Waals surface area contributed by atoms with Crippen LogP contribution >= 0.6 is 0 Å². The van der Waals surface area contributed by atoms with Gasteiger partial charge in [-0.15, -0.1) is 0 Å². The highest BCUT2D eigenvalue weighted by Gasteiger charge is 2.17. The lowest BCUT2D eigenvalue weighted by atomic mass is 9.97. The lowest BCUT2D eigenvalue weighted by molar-refractivity contribution is 0.0263. The highest BCUT2D eigenvalue weighted by molar-refractivity contribution is 5.67. The van der Waals surface area contributed by atoms with Gasteiger partial charge in [-0.25, -0.2) is 4.79 Å². The topological polar surface area (TPSA) is 67.8 Å². The Morgan fingerprint density at radius 3 is 2.33 bits per heavy atom. The third kappa shape index (κ3) is 10.4. The van der Waals surface area contributed by atoms with Crippen LogP contribution in [-0.4, -0.2) is 43.2 Å². The van der Waals surface area contributed by atoms with E-state index in [0.717, 1.165) is 6.42 Å². The molecule has 0 radical (unpaired) electrons.